The third-order valence-electron chi connectivity index (χ3n) is 4.67. The van der Waals surface area contributed by atoms with Crippen LogP contribution in [0.1, 0.15) is 26.3 Å². The average molecular weight is 397 g/mol. The number of carbonyl (C=O) groups excluding carboxylic acids is 2. The van der Waals surface area contributed by atoms with Crippen molar-refractivity contribution in [1.82, 2.24) is 10.2 Å². The van der Waals surface area contributed by atoms with Crippen molar-refractivity contribution < 1.29 is 14.3 Å². The molecule has 30 heavy (non-hydrogen) atoms. The summed E-state index contributed by atoms with van der Waals surface area (Å²) in [6, 6.07) is 24.8. The number of nitrogens with one attached hydrogen (secondary N) is 2. The third kappa shape index (κ3) is 3.84. The molecule has 0 spiro atoms. The lowest BCUT2D eigenvalue weighted by molar-refractivity contribution is 0.0996. The van der Waals surface area contributed by atoms with Crippen LogP contribution in [0.3, 0.4) is 0 Å². The molecular formula is C24H19N3O3. The fourth-order valence-electron chi connectivity index (χ4n) is 3.20. The molecule has 4 aromatic rings. The highest BCUT2D eigenvalue weighted by Crippen LogP contribution is 2.29. The molecule has 0 aliphatic heterocycles. The molecule has 3 aromatic carbocycles. The summed E-state index contributed by atoms with van der Waals surface area (Å²) in [5.41, 5.74) is 2.68. The summed E-state index contributed by atoms with van der Waals surface area (Å²) in [5, 5.41) is 9.83. The highest BCUT2D eigenvalue weighted by atomic mass is 16.5. The van der Waals surface area contributed by atoms with Crippen LogP contribution >= 0.6 is 0 Å². The lowest BCUT2D eigenvalue weighted by atomic mass is 9.98. The highest BCUT2D eigenvalue weighted by molar-refractivity contribution is 6.17. The number of ether oxygens (including phenoxy) is 1. The number of anilines is 1. The lowest BCUT2D eigenvalue weighted by Crippen LogP contribution is -2.17. The fourth-order valence-corrected chi connectivity index (χ4v) is 3.20. The number of methoxy groups -OCH3 is 1. The van der Waals surface area contributed by atoms with Crippen LogP contribution in [0.2, 0.25) is 0 Å². The standard InChI is InChI=1S/C24H19N3O3/c1-30-21-14-8-7-13-19(21)20-15-22(27-26-20)25-24(29)18-12-6-5-11-17(18)23(28)16-9-3-2-4-10-16/h2-15H,1H3,(H2,25,26,27,29). The van der Waals surface area contributed by atoms with Crippen molar-refractivity contribution >= 4 is 17.5 Å². The van der Waals surface area contributed by atoms with Gasteiger partial charge in [0.1, 0.15) is 5.75 Å². The first kappa shape index (κ1) is 19.1. The first-order chi connectivity index (χ1) is 14.7. The highest BCUT2D eigenvalue weighted by Gasteiger charge is 2.19. The molecule has 6 nitrogen and oxygen atoms in total. The van der Waals surface area contributed by atoms with E-state index in [1.807, 2.05) is 30.3 Å². The van der Waals surface area contributed by atoms with E-state index in [1.54, 1.807) is 61.7 Å². The second-order valence-corrected chi connectivity index (χ2v) is 6.56. The molecule has 1 aromatic heterocycles. The lowest BCUT2D eigenvalue weighted by Gasteiger charge is -2.08. The summed E-state index contributed by atoms with van der Waals surface area (Å²) in [6.07, 6.45) is 0. The smallest absolute Gasteiger partial charge is 0.257 e. The molecule has 0 atom stereocenters. The van der Waals surface area contributed by atoms with E-state index in [0.717, 1.165) is 5.56 Å². The number of rotatable bonds is 6. The van der Waals surface area contributed by atoms with Crippen LogP contribution in [0.4, 0.5) is 5.82 Å². The van der Waals surface area contributed by atoms with Gasteiger partial charge in [0.15, 0.2) is 11.6 Å². The van der Waals surface area contributed by atoms with Gasteiger partial charge in [0.05, 0.1) is 18.4 Å². The zero-order valence-corrected chi connectivity index (χ0v) is 16.3. The zero-order chi connectivity index (χ0) is 20.9. The fraction of sp³-hybridized carbons (Fsp3) is 0.0417. The van der Waals surface area contributed by atoms with Gasteiger partial charge in [-0.3, -0.25) is 14.7 Å². The number of hydrogen-bond acceptors (Lipinski definition) is 4. The number of ketones is 1. The Hall–Kier alpha value is -4.19. The molecule has 0 aliphatic rings. The normalized spacial score (nSPS) is 10.4. The van der Waals surface area contributed by atoms with E-state index in [9.17, 15) is 9.59 Å². The molecule has 0 saturated heterocycles. The van der Waals surface area contributed by atoms with Gasteiger partial charge in [-0.05, 0) is 18.2 Å². The monoisotopic (exact) mass is 397 g/mol. The van der Waals surface area contributed by atoms with Crippen molar-refractivity contribution in [2.24, 2.45) is 0 Å². The number of hydrogen-bond donors (Lipinski definition) is 2. The summed E-state index contributed by atoms with van der Waals surface area (Å²) >= 11 is 0. The quantitative estimate of drug-likeness (QED) is 0.467. The third-order valence-corrected chi connectivity index (χ3v) is 4.67. The second kappa shape index (κ2) is 8.45. The molecule has 4 rings (SSSR count). The molecule has 1 amide bonds. The van der Waals surface area contributed by atoms with Crippen molar-refractivity contribution in [3.63, 3.8) is 0 Å². The van der Waals surface area contributed by atoms with Gasteiger partial charge in [-0.1, -0.05) is 60.7 Å². The van der Waals surface area contributed by atoms with E-state index >= 15 is 0 Å². The van der Waals surface area contributed by atoms with Crippen molar-refractivity contribution in [3.05, 3.63) is 102 Å². The molecule has 0 aliphatic carbocycles. The van der Waals surface area contributed by atoms with Crippen molar-refractivity contribution in [3.8, 4) is 17.0 Å². The Morgan fingerprint density at radius 3 is 2.30 bits per heavy atom. The minimum Gasteiger partial charge on any atom is -0.496 e. The van der Waals surface area contributed by atoms with Crippen LogP contribution in [0.25, 0.3) is 11.3 Å². The van der Waals surface area contributed by atoms with E-state index < -0.39 is 5.91 Å². The van der Waals surface area contributed by atoms with E-state index in [-0.39, 0.29) is 11.3 Å². The van der Waals surface area contributed by atoms with Crippen LogP contribution in [-0.4, -0.2) is 29.0 Å². The maximum absolute atomic E-state index is 12.9. The Balaban J connectivity index is 1.59. The molecule has 0 fully saturated rings. The molecule has 0 bridgehead atoms. The summed E-state index contributed by atoms with van der Waals surface area (Å²) in [4.78, 5) is 25.8. The van der Waals surface area contributed by atoms with Crippen LogP contribution in [0.5, 0.6) is 5.75 Å². The maximum Gasteiger partial charge on any atom is 0.257 e. The topological polar surface area (TPSA) is 84.1 Å². The molecule has 0 unspecified atom stereocenters. The van der Waals surface area contributed by atoms with Crippen molar-refractivity contribution in [2.45, 2.75) is 0 Å². The van der Waals surface area contributed by atoms with Gasteiger partial charge in [-0.2, -0.15) is 5.10 Å². The van der Waals surface area contributed by atoms with Gasteiger partial charge in [-0.25, -0.2) is 0 Å². The van der Waals surface area contributed by atoms with E-state index in [2.05, 4.69) is 15.5 Å². The van der Waals surface area contributed by atoms with Crippen molar-refractivity contribution in [1.29, 1.82) is 0 Å². The first-order valence-electron chi connectivity index (χ1n) is 9.36. The van der Waals surface area contributed by atoms with Crippen LogP contribution in [0.15, 0.2) is 84.9 Å². The Morgan fingerprint density at radius 2 is 1.53 bits per heavy atom. The van der Waals surface area contributed by atoms with E-state index in [4.69, 9.17) is 4.74 Å². The molecule has 1 heterocycles. The molecule has 0 saturated carbocycles. The molecular weight excluding hydrogens is 378 g/mol. The second-order valence-electron chi connectivity index (χ2n) is 6.56. The van der Waals surface area contributed by atoms with Gasteiger partial charge in [-0.15, -0.1) is 0 Å². The van der Waals surface area contributed by atoms with Gasteiger partial charge in [0.25, 0.3) is 5.91 Å². The van der Waals surface area contributed by atoms with E-state index in [1.165, 1.54) is 0 Å². The number of aromatic amines is 1. The summed E-state index contributed by atoms with van der Waals surface area (Å²) in [7, 11) is 1.60. The largest absolute Gasteiger partial charge is 0.496 e. The van der Waals surface area contributed by atoms with Crippen LogP contribution in [-0.2, 0) is 0 Å². The number of aromatic nitrogens is 2. The first-order valence-corrected chi connectivity index (χ1v) is 9.36. The molecule has 0 radical (unpaired) electrons. The summed E-state index contributed by atoms with van der Waals surface area (Å²) in [6.45, 7) is 0. The Labute approximate surface area is 173 Å². The number of H-pyrrole nitrogens is 1. The Morgan fingerprint density at radius 1 is 0.867 bits per heavy atom. The number of benzene rings is 3. The summed E-state index contributed by atoms with van der Waals surface area (Å²) in [5.74, 6) is 0.423. The van der Waals surface area contributed by atoms with Crippen LogP contribution in [0, 0.1) is 0 Å². The predicted molar refractivity (Wildman–Crippen MR) is 115 cm³/mol. The predicted octanol–water partition coefficient (Wildman–Crippen LogP) is 4.57. The Kier molecular flexibility index (Phi) is 5.39. The molecule has 2 N–H and O–H groups in total. The minimum atomic E-state index is -0.409. The maximum atomic E-state index is 12.9. The van der Waals surface area contributed by atoms with Crippen LogP contribution < -0.4 is 10.1 Å². The SMILES string of the molecule is COc1ccccc1-c1cc(NC(=O)c2ccccc2C(=O)c2ccccc2)n[nH]1. The Bertz CT molecular complexity index is 1200. The number of amides is 1. The van der Waals surface area contributed by atoms with E-state index in [0.29, 0.717) is 28.4 Å². The molecule has 148 valence electrons. The zero-order valence-electron chi connectivity index (χ0n) is 16.3. The summed E-state index contributed by atoms with van der Waals surface area (Å²) < 4.78 is 5.37. The average Bonchev–Trinajstić information content (AvgIpc) is 3.27. The van der Waals surface area contributed by atoms with Crippen molar-refractivity contribution in [2.75, 3.05) is 12.4 Å². The minimum absolute atomic E-state index is 0.210. The number of carbonyl (C=O) groups is 2. The van der Waals surface area contributed by atoms with Gasteiger partial charge >= 0.3 is 0 Å². The van der Waals surface area contributed by atoms with Gasteiger partial charge in [0.2, 0.25) is 0 Å². The van der Waals surface area contributed by atoms with Gasteiger partial charge < -0.3 is 10.1 Å². The number of para-hydroxylation sites is 1. The van der Waals surface area contributed by atoms with Gasteiger partial charge in [0, 0.05) is 22.8 Å². The molecule has 6 heteroatoms. The number of nitrogens with zero attached hydrogens (tertiary/aromatic N) is 1.